The quantitative estimate of drug-likeness (QED) is 0.248. The van der Waals surface area contributed by atoms with Gasteiger partial charge < -0.3 is 18.0 Å². The lowest BCUT2D eigenvalue weighted by molar-refractivity contribution is -0.0613. The fraction of sp³-hybridized carbons (Fsp3) is 0.567. The van der Waals surface area contributed by atoms with Crippen molar-refractivity contribution in [3.05, 3.63) is 60.0 Å². The van der Waals surface area contributed by atoms with Gasteiger partial charge in [0.1, 0.15) is 18.1 Å². The fourth-order valence-corrected chi connectivity index (χ4v) is 5.84. The van der Waals surface area contributed by atoms with Crippen molar-refractivity contribution in [1.82, 2.24) is 4.98 Å². The van der Waals surface area contributed by atoms with Gasteiger partial charge in [-0.25, -0.2) is 4.98 Å². The standard InChI is InChI=1S/C30H47NO4Si2/c1-22(19-24-20-32-28(31-24)23-15-13-12-14-16-23)25-17-18-26(35-37(10,11)30(5,6)7)27(34-25)21-33-36(8,9)29(2,3)4/h12-20,25-27H,21H2,1-11H3/b22-19+/t25-,26-,27+/m0/s1. The van der Waals surface area contributed by atoms with E-state index in [9.17, 15) is 0 Å². The second kappa shape index (κ2) is 11.1. The van der Waals surface area contributed by atoms with Gasteiger partial charge in [0.2, 0.25) is 5.89 Å². The van der Waals surface area contributed by atoms with Gasteiger partial charge in [-0.05, 0) is 67.0 Å². The van der Waals surface area contributed by atoms with Crippen molar-refractivity contribution in [3.8, 4) is 11.5 Å². The number of oxazole rings is 1. The van der Waals surface area contributed by atoms with E-state index in [0.29, 0.717) is 12.5 Å². The summed E-state index contributed by atoms with van der Waals surface area (Å²) >= 11 is 0. The molecule has 3 rings (SSSR count). The molecule has 1 aromatic heterocycles. The Morgan fingerprint density at radius 2 is 1.57 bits per heavy atom. The van der Waals surface area contributed by atoms with Crippen LogP contribution in [0.1, 0.15) is 54.2 Å². The summed E-state index contributed by atoms with van der Waals surface area (Å²) in [6, 6.07) is 9.94. The van der Waals surface area contributed by atoms with Crippen molar-refractivity contribution < 1.29 is 18.0 Å². The maximum absolute atomic E-state index is 6.82. The molecule has 0 aliphatic carbocycles. The van der Waals surface area contributed by atoms with Crippen LogP contribution < -0.4 is 0 Å². The molecule has 7 heteroatoms. The Balaban J connectivity index is 1.82. The van der Waals surface area contributed by atoms with E-state index in [-0.39, 0.29) is 28.4 Å². The summed E-state index contributed by atoms with van der Waals surface area (Å²) in [5, 5.41) is 0.244. The molecule has 0 bridgehead atoms. The highest BCUT2D eigenvalue weighted by Gasteiger charge is 2.43. The first-order valence-electron chi connectivity index (χ1n) is 13.3. The molecule has 5 nitrogen and oxygen atoms in total. The van der Waals surface area contributed by atoms with Gasteiger partial charge in [-0.3, -0.25) is 0 Å². The van der Waals surface area contributed by atoms with Crippen molar-refractivity contribution in [1.29, 1.82) is 0 Å². The molecule has 204 valence electrons. The van der Waals surface area contributed by atoms with Gasteiger partial charge in [-0.2, -0.15) is 0 Å². The second-order valence-electron chi connectivity index (χ2n) is 13.2. The summed E-state index contributed by atoms with van der Waals surface area (Å²) in [5.41, 5.74) is 2.80. The Morgan fingerprint density at radius 1 is 0.946 bits per heavy atom. The van der Waals surface area contributed by atoms with Crippen LogP contribution in [-0.2, 0) is 13.6 Å². The third kappa shape index (κ3) is 7.42. The van der Waals surface area contributed by atoms with Crippen molar-refractivity contribution in [2.45, 2.75) is 103 Å². The van der Waals surface area contributed by atoms with Crippen LogP contribution in [-0.4, -0.2) is 46.5 Å². The monoisotopic (exact) mass is 541 g/mol. The van der Waals surface area contributed by atoms with Gasteiger partial charge in [0.15, 0.2) is 16.6 Å². The minimum atomic E-state index is -2.00. The third-order valence-electron chi connectivity index (χ3n) is 8.18. The number of rotatable bonds is 8. The lowest BCUT2D eigenvalue weighted by atomic mass is 10.0. The van der Waals surface area contributed by atoms with Crippen LogP contribution in [0.5, 0.6) is 0 Å². The molecule has 0 fully saturated rings. The van der Waals surface area contributed by atoms with Crippen LogP contribution in [0, 0.1) is 0 Å². The van der Waals surface area contributed by atoms with E-state index in [4.69, 9.17) is 18.0 Å². The molecule has 37 heavy (non-hydrogen) atoms. The van der Waals surface area contributed by atoms with Crippen LogP contribution >= 0.6 is 0 Å². The normalized spacial score (nSPS) is 21.9. The van der Waals surface area contributed by atoms with E-state index in [2.05, 4.69) is 91.8 Å². The predicted octanol–water partition coefficient (Wildman–Crippen LogP) is 8.48. The molecule has 2 aromatic rings. The fourth-order valence-electron chi connectivity index (χ4n) is 3.56. The minimum absolute atomic E-state index is 0.113. The Labute approximate surface area is 226 Å². The van der Waals surface area contributed by atoms with Crippen molar-refractivity contribution in [2.75, 3.05) is 6.61 Å². The van der Waals surface area contributed by atoms with Crippen LogP contribution in [0.4, 0.5) is 0 Å². The summed E-state index contributed by atoms with van der Waals surface area (Å²) in [6.07, 6.45) is 7.54. The molecule has 1 aliphatic rings. The van der Waals surface area contributed by atoms with E-state index in [1.165, 1.54) is 0 Å². The highest BCUT2D eigenvalue weighted by atomic mass is 28.4. The zero-order valence-corrected chi connectivity index (χ0v) is 26.7. The smallest absolute Gasteiger partial charge is 0.226 e. The van der Waals surface area contributed by atoms with Crippen molar-refractivity contribution in [3.63, 3.8) is 0 Å². The molecule has 0 saturated heterocycles. The van der Waals surface area contributed by atoms with E-state index < -0.39 is 16.6 Å². The minimum Gasteiger partial charge on any atom is -0.444 e. The molecule has 0 amide bonds. The highest BCUT2D eigenvalue weighted by Crippen LogP contribution is 2.40. The third-order valence-corrected chi connectivity index (χ3v) is 17.2. The first kappa shape index (κ1) is 29.8. The van der Waals surface area contributed by atoms with Gasteiger partial charge in [0.25, 0.3) is 0 Å². The average molecular weight is 542 g/mol. The Bertz CT molecular complexity index is 1090. The van der Waals surface area contributed by atoms with E-state index in [1.54, 1.807) is 6.26 Å². The summed E-state index contributed by atoms with van der Waals surface area (Å²) in [4.78, 5) is 4.66. The largest absolute Gasteiger partial charge is 0.444 e. The van der Waals surface area contributed by atoms with Crippen LogP contribution in [0.2, 0.25) is 36.3 Å². The SMILES string of the molecule is C/C(=C\c1coc(-c2ccccc2)n1)[C@@H]1C=C[C@H](O[Si](C)(C)C(C)(C)C)[C@@H](CO[Si](C)(C)C(C)(C)C)O1. The highest BCUT2D eigenvalue weighted by molar-refractivity contribution is 6.74. The first-order chi connectivity index (χ1) is 17.0. The molecule has 2 heterocycles. The predicted molar refractivity (Wildman–Crippen MR) is 159 cm³/mol. The first-order valence-corrected chi connectivity index (χ1v) is 19.2. The molecule has 0 N–H and O–H groups in total. The topological polar surface area (TPSA) is 53.7 Å². The van der Waals surface area contributed by atoms with Gasteiger partial charge in [0, 0.05) is 5.56 Å². The number of hydrogen-bond acceptors (Lipinski definition) is 5. The molecule has 0 spiro atoms. The molecule has 3 atom stereocenters. The number of hydrogen-bond donors (Lipinski definition) is 0. The van der Waals surface area contributed by atoms with E-state index in [1.807, 2.05) is 36.4 Å². The molecular formula is C30H47NO4Si2. The summed E-state index contributed by atoms with van der Waals surface area (Å²) < 4.78 is 25.9. The molecule has 0 radical (unpaired) electrons. The van der Waals surface area contributed by atoms with Gasteiger partial charge in [-0.15, -0.1) is 0 Å². The number of ether oxygens (including phenoxy) is 1. The van der Waals surface area contributed by atoms with Crippen molar-refractivity contribution >= 4 is 22.7 Å². The van der Waals surface area contributed by atoms with Gasteiger partial charge in [-0.1, -0.05) is 71.9 Å². The van der Waals surface area contributed by atoms with E-state index in [0.717, 1.165) is 16.8 Å². The Hall–Kier alpha value is -1.78. The molecule has 0 unspecified atom stereocenters. The Kier molecular flexibility index (Phi) is 8.97. The maximum atomic E-state index is 6.82. The average Bonchev–Trinajstić information content (AvgIpc) is 3.25. The van der Waals surface area contributed by atoms with Crippen LogP contribution in [0.3, 0.4) is 0 Å². The summed E-state index contributed by atoms with van der Waals surface area (Å²) in [7, 11) is -3.94. The number of nitrogens with zero attached hydrogens (tertiary/aromatic N) is 1. The van der Waals surface area contributed by atoms with Gasteiger partial charge in [0.05, 0.1) is 18.8 Å². The molecule has 1 aromatic carbocycles. The van der Waals surface area contributed by atoms with Gasteiger partial charge >= 0.3 is 0 Å². The second-order valence-corrected chi connectivity index (χ2v) is 22.8. The summed E-state index contributed by atoms with van der Waals surface area (Å²) in [5.74, 6) is 0.614. The number of aromatic nitrogens is 1. The summed E-state index contributed by atoms with van der Waals surface area (Å²) in [6.45, 7) is 25.3. The lowest BCUT2D eigenvalue weighted by Gasteiger charge is -2.44. The van der Waals surface area contributed by atoms with E-state index >= 15 is 0 Å². The molecule has 0 saturated carbocycles. The molecule has 1 aliphatic heterocycles. The van der Waals surface area contributed by atoms with Crippen LogP contribution in [0.15, 0.2) is 58.7 Å². The lowest BCUT2D eigenvalue weighted by Crippen LogP contribution is -2.51. The maximum Gasteiger partial charge on any atom is 0.226 e. The zero-order valence-electron chi connectivity index (χ0n) is 24.7. The zero-order chi connectivity index (χ0) is 27.6. The Morgan fingerprint density at radius 3 is 2.16 bits per heavy atom. The molecular weight excluding hydrogens is 495 g/mol. The number of benzene rings is 1. The van der Waals surface area contributed by atoms with Crippen molar-refractivity contribution in [2.24, 2.45) is 0 Å². The van der Waals surface area contributed by atoms with Crippen LogP contribution in [0.25, 0.3) is 17.5 Å².